The second-order valence-electron chi connectivity index (χ2n) is 4.07. The lowest BCUT2D eigenvalue weighted by Crippen LogP contribution is -2.37. The van der Waals surface area contributed by atoms with Gasteiger partial charge >= 0.3 is 5.97 Å². The quantitative estimate of drug-likeness (QED) is 0.561. The van der Waals surface area contributed by atoms with Crippen LogP contribution in [-0.4, -0.2) is 37.4 Å². The highest BCUT2D eigenvalue weighted by atomic mass is 16.7. The second kappa shape index (κ2) is 5.41. The van der Waals surface area contributed by atoms with Crippen molar-refractivity contribution in [2.45, 2.75) is 26.1 Å². The van der Waals surface area contributed by atoms with Gasteiger partial charge in [-0.05, 0) is 5.92 Å². The molecular weight excluding hydrogens is 212 g/mol. The minimum absolute atomic E-state index is 0.0264. The Bertz CT molecular complexity index is 272. The Morgan fingerprint density at radius 2 is 2.06 bits per heavy atom. The van der Waals surface area contributed by atoms with Gasteiger partial charge in [0, 0.05) is 26.6 Å². The molecule has 3 atom stereocenters. The molecule has 5 nitrogen and oxygen atoms in total. The molecule has 1 aliphatic rings. The van der Waals surface area contributed by atoms with Crippen molar-refractivity contribution in [1.82, 2.24) is 0 Å². The van der Waals surface area contributed by atoms with Gasteiger partial charge in [0.15, 0.2) is 6.29 Å². The summed E-state index contributed by atoms with van der Waals surface area (Å²) < 4.78 is 10.2. The van der Waals surface area contributed by atoms with Crippen LogP contribution in [0.5, 0.6) is 0 Å². The highest BCUT2D eigenvalue weighted by Gasteiger charge is 2.49. The Labute approximate surface area is 94.7 Å². The van der Waals surface area contributed by atoms with Crippen LogP contribution < -0.4 is 0 Å². The van der Waals surface area contributed by atoms with Crippen LogP contribution in [0.25, 0.3) is 0 Å². The molecule has 1 N–H and O–H groups in total. The lowest BCUT2D eigenvalue weighted by atomic mass is 9.87. The van der Waals surface area contributed by atoms with E-state index >= 15 is 0 Å². The second-order valence-corrected chi connectivity index (χ2v) is 4.07. The first-order chi connectivity index (χ1) is 7.56. The van der Waals surface area contributed by atoms with Crippen molar-refractivity contribution in [2.75, 3.05) is 14.2 Å². The zero-order chi connectivity index (χ0) is 12.3. The Balaban J connectivity index is 2.96. The lowest BCUT2D eigenvalue weighted by Gasteiger charge is -2.27. The van der Waals surface area contributed by atoms with Crippen molar-refractivity contribution in [3.63, 3.8) is 0 Å². The fourth-order valence-corrected chi connectivity index (χ4v) is 2.52. The lowest BCUT2D eigenvalue weighted by molar-refractivity contribution is -0.171. The van der Waals surface area contributed by atoms with Crippen molar-refractivity contribution in [3.05, 3.63) is 0 Å². The van der Waals surface area contributed by atoms with Gasteiger partial charge in [-0.2, -0.15) is 0 Å². The number of hydrogen-bond donors (Lipinski definition) is 1. The normalized spacial score (nSPS) is 30.0. The maximum Gasteiger partial charge on any atom is 0.314 e. The van der Waals surface area contributed by atoms with Crippen molar-refractivity contribution >= 4 is 11.8 Å². The molecule has 0 amide bonds. The summed E-state index contributed by atoms with van der Waals surface area (Å²) in [6.07, 6.45) is 0.433. The van der Waals surface area contributed by atoms with E-state index in [2.05, 4.69) is 0 Å². The van der Waals surface area contributed by atoms with E-state index in [1.165, 1.54) is 14.2 Å². The fraction of sp³-hybridized carbons (Fsp3) is 0.818. The molecule has 5 heteroatoms. The molecule has 1 rings (SSSR count). The van der Waals surface area contributed by atoms with Gasteiger partial charge < -0.3 is 14.6 Å². The number of aliphatic carboxylic acids is 1. The molecule has 0 radical (unpaired) electrons. The Morgan fingerprint density at radius 1 is 1.50 bits per heavy atom. The van der Waals surface area contributed by atoms with Gasteiger partial charge in [0.2, 0.25) is 0 Å². The van der Waals surface area contributed by atoms with E-state index in [0.29, 0.717) is 6.42 Å². The summed E-state index contributed by atoms with van der Waals surface area (Å²) >= 11 is 0. The van der Waals surface area contributed by atoms with E-state index in [1.54, 1.807) is 0 Å². The minimum atomic E-state index is -1.08. The Kier molecular flexibility index (Phi) is 4.44. The van der Waals surface area contributed by atoms with Gasteiger partial charge in [0.25, 0.3) is 0 Å². The van der Waals surface area contributed by atoms with Crippen LogP contribution in [0.1, 0.15) is 19.8 Å². The first-order valence-electron chi connectivity index (χ1n) is 5.37. The average Bonchev–Trinajstić information content (AvgIpc) is 2.57. The summed E-state index contributed by atoms with van der Waals surface area (Å²) in [5.41, 5.74) is 0. The Hall–Kier alpha value is -0.940. The molecule has 0 aromatic heterocycles. The van der Waals surface area contributed by atoms with Gasteiger partial charge in [-0.25, -0.2) is 0 Å². The third-order valence-electron chi connectivity index (χ3n) is 3.31. The van der Waals surface area contributed by atoms with E-state index in [9.17, 15) is 9.59 Å². The zero-order valence-electron chi connectivity index (χ0n) is 9.80. The topological polar surface area (TPSA) is 72.8 Å². The van der Waals surface area contributed by atoms with E-state index in [-0.39, 0.29) is 17.6 Å². The first-order valence-corrected chi connectivity index (χ1v) is 5.37. The summed E-state index contributed by atoms with van der Waals surface area (Å²) in [5, 5.41) is 9.08. The predicted octanol–water partition coefficient (Wildman–Crippen LogP) is 0.921. The van der Waals surface area contributed by atoms with Gasteiger partial charge in [0.1, 0.15) is 11.7 Å². The van der Waals surface area contributed by atoms with Crippen LogP contribution in [0.3, 0.4) is 0 Å². The SMILES string of the molecule is CCC1CC(=O)C(C(=O)O)C1C(OC)OC. The fourth-order valence-electron chi connectivity index (χ4n) is 2.52. The van der Waals surface area contributed by atoms with Crippen LogP contribution >= 0.6 is 0 Å². The van der Waals surface area contributed by atoms with E-state index in [0.717, 1.165) is 6.42 Å². The van der Waals surface area contributed by atoms with Crippen molar-refractivity contribution in [3.8, 4) is 0 Å². The zero-order valence-corrected chi connectivity index (χ0v) is 9.80. The molecule has 0 bridgehead atoms. The van der Waals surface area contributed by atoms with Crippen LogP contribution in [0.2, 0.25) is 0 Å². The first kappa shape index (κ1) is 13.1. The van der Waals surface area contributed by atoms with Crippen molar-refractivity contribution < 1.29 is 24.2 Å². The summed E-state index contributed by atoms with van der Waals surface area (Å²) in [5.74, 6) is -2.65. The molecule has 16 heavy (non-hydrogen) atoms. The summed E-state index contributed by atoms with van der Waals surface area (Å²) in [6, 6.07) is 0. The summed E-state index contributed by atoms with van der Waals surface area (Å²) in [4.78, 5) is 22.7. The number of ketones is 1. The number of hydrogen-bond acceptors (Lipinski definition) is 4. The van der Waals surface area contributed by atoms with Gasteiger partial charge in [-0.3, -0.25) is 9.59 Å². The molecule has 0 spiro atoms. The largest absolute Gasteiger partial charge is 0.481 e. The number of ether oxygens (including phenoxy) is 2. The molecule has 92 valence electrons. The highest BCUT2D eigenvalue weighted by molar-refractivity contribution is 6.00. The van der Waals surface area contributed by atoms with E-state index in [4.69, 9.17) is 14.6 Å². The Morgan fingerprint density at radius 3 is 2.44 bits per heavy atom. The van der Waals surface area contributed by atoms with Gasteiger partial charge in [-0.15, -0.1) is 0 Å². The molecule has 1 saturated carbocycles. The molecule has 1 aliphatic carbocycles. The van der Waals surface area contributed by atoms with Crippen molar-refractivity contribution in [2.24, 2.45) is 17.8 Å². The van der Waals surface area contributed by atoms with Crippen LogP contribution in [0.15, 0.2) is 0 Å². The third-order valence-corrected chi connectivity index (χ3v) is 3.31. The number of carboxylic acids is 1. The highest BCUT2D eigenvalue weighted by Crippen LogP contribution is 2.40. The minimum Gasteiger partial charge on any atom is -0.481 e. The third kappa shape index (κ3) is 2.25. The van der Waals surface area contributed by atoms with Crippen LogP contribution in [0, 0.1) is 17.8 Å². The maximum atomic E-state index is 11.6. The molecule has 0 aliphatic heterocycles. The molecule has 0 aromatic carbocycles. The number of methoxy groups -OCH3 is 2. The van der Waals surface area contributed by atoms with E-state index in [1.807, 2.05) is 6.92 Å². The molecule has 0 aromatic rings. The van der Waals surface area contributed by atoms with Crippen LogP contribution in [-0.2, 0) is 19.1 Å². The summed E-state index contributed by atoms with van der Waals surface area (Å²) in [6.45, 7) is 1.94. The van der Waals surface area contributed by atoms with Gasteiger partial charge in [0.05, 0.1) is 0 Å². The average molecular weight is 230 g/mol. The molecule has 0 saturated heterocycles. The monoisotopic (exact) mass is 230 g/mol. The number of carbonyl (C=O) groups excluding carboxylic acids is 1. The maximum absolute atomic E-state index is 11.6. The molecule has 3 unspecified atom stereocenters. The number of Topliss-reactive ketones (excluding diaryl/α,β-unsaturated/α-hetero) is 1. The van der Waals surface area contributed by atoms with Crippen molar-refractivity contribution in [1.29, 1.82) is 0 Å². The van der Waals surface area contributed by atoms with Gasteiger partial charge in [-0.1, -0.05) is 13.3 Å². The smallest absolute Gasteiger partial charge is 0.314 e. The molecular formula is C11H18O5. The number of rotatable bonds is 5. The number of carbonyl (C=O) groups is 2. The summed E-state index contributed by atoms with van der Waals surface area (Å²) in [7, 11) is 2.92. The molecule has 1 fully saturated rings. The van der Waals surface area contributed by atoms with E-state index < -0.39 is 18.2 Å². The standard InChI is InChI=1S/C11H18O5/c1-4-6-5-7(12)9(10(13)14)8(6)11(15-2)16-3/h6,8-9,11H,4-5H2,1-3H3,(H,13,14). The number of carboxylic acid groups (broad SMARTS) is 1. The van der Waals surface area contributed by atoms with Crippen LogP contribution in [0.4, 0.5) is 0 Å². The predicted molar refractivity (Wildman–Crippen MR) is 55.8 cm³/mol. The molecule has 0 heterocycles.